The van der Waals surface area contributed by atoms with E-state index in [1.807, 2.05) is 19.9 Å². The second kappa shape index (κ2) is 6.90. The average Bonchev–Trinajstić information content (AvgIpc) is 3.30. The van der Waals surface area contributed by atoms with Gasteiger partial charge in [0.2, 0.25) is 10.0 Å². The number of ether oxygens (including phenoxy) is 1. The van der Waals surface area contributed by atoms with Crippen molar-refractivity contribution in [3.05, 3.63) is 42.0 Å². The number of aryl methyl sites for hydroxylation is 2. The highest BCUT2D eigenvalue weighted by Gasteiger charge is 2.34. The van der Waals surface area contributed by atoms with Gasteiger partial charge in [0.15, 0.2) is 0 Å². The molecule has 0 aromatic carbocycles. The maximum absolute atomic E-state index is 13.0. The molecule has 4 rings (SSSR count). The Bertz CT molecular complexity index is 1080. The van der Waals surface area contributed by atoms with E-state index in [9.17, 15) is 8.42 Å². The van der Waals surface area contributed by atoms with Crippen molar-refractivity contribution in [1.82, 2.24) is 19.4 Å². The molecule has 0 aliphatic carbocycles. The molecule has 8 nitrogen and oxygen atoms in total. The molecule has 1 aliphatic heterocycles. The molecule has 4 heterocycles. The number of fused-ring (bicyclic) bond motifs is 1. The van der Waals surface area contributed by atoms with Gasteiger partial charge in [-0.15, -0.1) is 0 Å². The van der Waals surface area contributed by atoms with Crippen LogP contribution in [0.3, 0.4) is 0 Å². The van der Waals surface area contributed by atoms with Gasteiger partial charge in [0.25, 0.3) is 5.71 Å². The van der Waals surface area contributed by atoms with Crippen LogP contribution < -0.4 is 4.74 Å². The molecule has 1 saturated heterocycles. The van der Waals surface area contributed by atoms with E-state index in [-0.39, 0.29) is 11.0 Å². The van der Waals surface area contributed by atoms with Crippen LogP contribution in [0.1, 0.15) is 24.7 Å². The third-order valence-electron chi connectivity index (χ3n) is 4.71. The summed E-state index contributed by atoms with van der Waals surface area (Å²) in [5.74, 6) is 0.682. The fraction of sp³-hybridized carbons (Fsp3) is 0.389. The van der Waals surface area contributed by atoms with Gasteiger partial charge in [0, 0.05) is 12.7 Å². The highest BCUT2D eigenvalue weighted by Crippen LogP contribution is 2.27. The fourth-order valence-electron chi connectivity index (χ4n) is 3.19. The van der Waals surface area contributed by atoms with Gasteiger partial charge in [0.1, 0.15) is 16.7 Å². The topological polar surface area (TPSA) is 98.4 Å². The first-order valence-corrected chi connectivity index (χ1v) is 10.3. The zero-order valence-corrected chi connectivity index (χ0v) is 15.9. The van der Waals surface area contributed by atoms with Gasteiger partial charge >= 0.3 is 0 Å². The minimum atomic E-state index is -3.66. The predicted molar refractivity (Wildman–Crippen MR) is 97.9 cm³/mol. The van der Waals surface area contributed by atoms with E-state index in [1.165, 1.54) is 10.5 Å². The second-order valence-electron chi connectivity index (χ2n) is 6.49. The number of hydrogen-bond donors (Lipinski definition) is 0. The summed E-state index contributed by atoms with van der Waals surface area (Å²) in [6.45, 7) is 4.48. The Morgan fingerprint density at radius 3 is 3.00 bits per heavy atom. The molecule has 0 saturated carbocycles. The van der Waals surface area contributed by atoms with Gasteiger partial charge in [0.05, 0.1) is 29.5 Å². The third-order valence-corrected chi connectivity index (χ3v) is 6.54. The summed E-state index contributed by atoms with van der Waals surface area (Å²) in [4.78, 5) is 8.45. The molecular weight excluding hydrogens is 368 g/mol. The molecule has 0 spiro atoms. The van der Waals surface area contributed by atoms with E-state index in [4.69, 9.17) is 9.26 Å². The highest BCUT2D eigenvalue weighted by molar-refractivity contribution is 7.89. The third kappa shape index (κ3) is 3.28. The van der Waals surface area contributed by atoms with E-state index in [1.54, 1.807) is 18.3 Å². The van der Waals surface area contributed by atoms with Crippen molar-refractivity contribution < 1.29 is 17.7 Å². The Morgan fingerprint density at radius 1 is 1.37 bits per heavy atom. The molecule has 3 aromatic heterocycles. The molecule has 0 radical (unpaired) electrons. The molecule has 0 N–H and O–H groups in total. The minimum absolute atomic E-state index is 0.145. The van der Waals surface area contributed by atoms with E-state index in [0.717, 1.165) is 5.69 Å². The van der Waals surface area contributed by atoms with Gasteiger partial charge in [-0.2, -0.15) is 4.31 Å². The van der Waals surface area contributed by atoms with Crippen LogP contribution in [0.4, 0.5) is 0 Å². The van der Waals surface area contributed by atoms with Gasteiger partial charge < -0.3 is 9.26 Å². The Labute approximate surface area is 157 Å². The number of rotatable bonds is 5. The second-order valence-corrected chi connectivity index (χ2v) is 8.42. The maximum Gasteiger partial charge on any atom is 0.258 e. The standard InChI is InChI=1S/C18H20N4O4S/c1-3-16-15-9-14(10-20-18(15)26-21-16)27(23,24)22-8-6-13(11-22)25-17-5-4-7-19-12(17)2/h4-5,7,9-10,13H,3,6,8,11H2,1-2H3/t13-/m1/s1. The summed E-state index contributed by atoms with van der Waals surface area (Å²) in [5, 5.41) is 4.57. The Kier molecular flexibility index (Phi) is 4.56. The van der Waals surface area contributed by atoms with E-state index in [0.29, 0.717) is 48.5 Å². The molecule has 1 atom stereocenters. The number of aromatic nitrogens is 3. The maximum atomic E-state index is 13.0. The lowest BCUT2D eigenvalue weighted by Crippen LogP contribution is -2.31. The van der Waals surface area contributed by atoms with Crippen molar-refractivity contribution in [1.29, 1.82) is 0 Å². The first kappa shape index (κ1) is 17.9. The number of pyridine rings is 2. The molecule has 3 aromatic rings. The largest absolute Gasteiger partial charge is 0.487 e. The van der Waals surface area contributed by atoms with Crippen molar-refractivity contribution >= 4 is 21.1 Å². The van der Waals surface area contributed by atoms with Gasteiger partial charge in [-0.1, -0.05) is 12.1 Å². The molecule has 1 aliphatic rings. The fourth-order valence-corrected chi connectivity index (χ4v) is 4.65. The normalized spacial score (nSPS) is 18.2. The van der Waals surface area contributed by atoms with Crippen LogP contribution in [-0.4, -0.2) is 47.0 Å². The summed E-state index contributed by atoms with van der Waals surface area (Å²) >= 11 is 0. The quantitative estimate of drug-likeness (QED) is 0.661. The highest BCUT2D eigenvalue weighted by atomic mass is 32.2. The minimum Gasteiger partial charge on any atom is -0.487 e. The molecule has 0 amide bonds. The van der Waals surface area contributed by atoms with E-state index < -0.39 is 10.0 Å². The summed E-state index contributed by atoms with van der Waals surface area (Å²) in [5.41, 5.74) is 1.83. The molecule has 0 bridgehead atoms. The van der Waals surface area contributed by atoms with Gasteiger partial charge in [-0.25, -0.2) is 13.4 Å². The monoisotopic (exact) mass is 388 g/mol. The van der Waals surface area contributed by atoms with Gasteiger partial charge in [-0.3, -0.25) is 4.98 Å². The molecule has 27 heavy (non-hydrogen) atoms. The summed E-state index contributed by atoms with van der Waals surface area (Å²) in [7, 11) is -3.66. The summed E-state index contributed by atoms with van der Waals surface area (Å²) in [6.07, 6.45) is 4.08. The van der Waals surface area contributed by atoms with E-state index in [2.05, 4.69) is 15.1 Å². The Balaban J connectivity index is 1.55. The van der Waals surface area contributed by atoms with Gasteiger partial charge in [-0.05, 0) is 38.0 Å². The first-order chi connectivity index (χ1) is 13.0. The molecule has 1 fully saturated rings. The van der Waals surface area contributed by atoms with Crippen molar-refractivity contribution in [2.45, 2.75) is 37.7 Å². The van der Waals surface area contributed by atoms with E-state index >= 15 is 0 Å². The van der Waals surface area contributed by atoms with Crippen LogP contribution in [0.5, 0.6) is 5.75 Å². The average molecular weight is 388 g/mol. The van der Waals surface area contributed by atoms with Crippen LogP contribution >= 0.6 is 0 Å². The van der Waals surface area contributed by atoms with Crippen molar-refractivity contribution in [2.75, 3.05) is 13.1 Å². The first-order valence-electron chi connectivity index (χ1n) is 8.81. The smallest absolute Gasteiger partial charge is 0.258 e. The molecule has 9 heteroatoms. The Morgan fingerprint density at radius 2 is 2.22 bits per heavy atom. The van der Waals surface area contributed by atoms with Crippen LogP contribution in [0.25, 0.3) is 11.1 Å². The number of nitrogens with zero attached hydrogens (tertiary/aromatic N) is 4. The van der Waals surface area contributed by atoms with Crippen molar-refractivity contribution in [3.63, 3.8) is 0 Å². The lowest BCUT2D eigenvalue weighted by molar-refractivity contribution is 0.213. The number of sulfonamides is 1. The van der Waals surface area contributed by atoms with Crippen LogP contribution in [0.2, 0.25) is 0 Å². The molecular formula is C18H20N4O4S. The van der Waals surface area contributed by atoms with Crippen LogP contribution in [-0.2, 0) is 16.4 Å². The zero-order chi connectivity index (χ0) is 19.0. The lowest BCUT2D eigenvalue weighted by Gasteiger charge is -2.17. The van der Waals surface area contributed by atoms with Crippen LogP contribution in [0.15, 0.2) is 40.0 Å². The van der Waals surface area contributed by atoms with Crippen molar-refractivity contribution in [3.8, 4) is 5.75 Å². The summed E-state index contributed by atoms with van der Waals surface area (Å²) < 4.78 is 38.6. The summed E-state index contributed by atoms with van der Waals surface area (Å²) in [6, 6.07) is 5.24. The number of hydrogen-bond acceptors (Lipinski definition) is 7. The lowest BCUT2D eigenvalue weighted by atomic mass is 10.2. The zero-order valence-electron chi connectivity index (χ0n) is 15.1. The van der Waals surface area contributed by atoms with Crippen molar-refractivity contribution in [2.24, 2.45) is 0 Å². The SMILES string of the molecule is CCc1noc2ncc(S(=O)(=O)N3CC[C@@H](Oc4cccnc4C)C3)cc12. The van der Waals surface area contributed by atoms with Crippen LogP contribution in [0, 0.1) is 6.92 Å². The molecule has 142 valence electrons. The molecule has 0 unspecified atom stereocenters. The predicted octanol–water partition coefficient (Wildman–Crippen LogP) is 2.33. The Hall–Kier alpha value is -2.52.